The maximum atomic E-state index is 3.66. The highest BCUT2D eigenvalue weighted by atomic mass is 79.9. The van der Waals surface area contributed by atoms with Gasteiger partial charge in [-0.3, -0.25) is 0 Å². The summed E-state index contributed by atoms with van der Waals surface area (Å²) >= 11 is 5.43. The third kappa shape index (κ3) is 2.88. The number of thiophene rings is 1. The van der Waals surface area contributed by atoms with Crippen molar-refractivity contribution in [3.8, 4) is 0 Å². The molecular formula is C13H20BrNS. The minimum Gasteiger partial charge on any atom is -0.314 e. The summed E-state index contributed by atoms with van der Waals surface area (Å²) < 4.78 is 1.26. The van der Waals surface area contributed by atoms with Crippen molar-refractivity contribution in [1.82, 2.24) is 5.32 Å². The van der Waals surface area contributed by atoms with E-state index in [4.69, 9.17) is 0 Å². The molecule has 0 bridgehead atoms. The van der Waals surface area contributed by atoms with Crippen molar-refractivity contribution in [2.24, 2.45) is 5.41 Å². The lowest BCUT2D eigenvalue weighted by Gasteiger charge is -2.24. The van der Waals surface area contributed by atoms with Crippen molar-refractivity contribution in [3.63, 3.8) is 0 Å². The second-order valence-electron chi connectivity index (χ2n) is 4.92. The highest BCUT2D eigenvalue weighted by Crippen LogP contribution is 2.52. The molecule has 3 heteroatoms. The van der Waals surface area contributed by atoms with Gasteiger partial charge in [-0.05, 0) is 72.6 Å². The van der Waals surface area contributed by atoms with E-state index in [-0.39, 0.29) is 0 Å². The fourth-order valence-corrected chi connectivity index (χ4v) is 3.93. The second-order valence-corrected chi connectivity index (χ2v) is 7.47. The molecule has 0 amide bonds. The predicted molar refractivity (Wildman–Crippen MR) is 75.1 cm³/mol. The summed E-state index contributed by atoms with van der Waals surface area (Å²) in [5.74, 6) is 0. The van der Waals surface area contributed by atoms with Gasteiger partial charge < -0.3 is 5.32 Å². The minimum absolute atomic E-state index is 0.555. The van der Waals surface area contributed by atoms with Crippen molar-refractivity contribution >= 4 is 27.3 Å². The third-order valence-corrected chi connectivity index (χ3v) is 5.29. The van der Waals surface area contributed by atoms with Crippen LogP contribution in [0.1, 0.15) is 38.0 Å². The Morgan fingerprint density at radius 1 is 1.50 bits per heavy atom. The molecule has 16 heavy (non-hydrogen) atoms. The van der Waals surface area contributed by atoms with Gasteiger partial charge in [-0.2, -0.15) is 0 Å². The van der Waals surface area contributed by atoms with E-state index in [0.717, 1.165) is 6.54 Å². The van der Waals surface area contributed by atoms with E-state index in [2.05, 4.69) is 47.2 Å². The van der Waals surface area contributed by atoms with Crippen LogP contribution in [-0.2, 0) is 6.42 Å². The molecule has 0 aliphatic heterocycles. The Hall–Kier alpha value is 0.140. The molecule has 1 aliphatic rings. The second kappa shape index (κ2) is 5.19. The Morgan fingerprint density at radius 2 is 2.25 bits per heavy atom. The largest absolute Gasteiger partial charge is 0.314 e. The van der Waals surface area contributed by atoms with Gasteiger partial charge >= 0.3 is 0 Å². The average Bonchev–Trinajstić information content (AvgIpc) is 2.93. The summed E-state index contributed by atoms with van der Waals surface area (Å²) in [6, 6.07) is 5.09. The molecule has 1 unspecified atom stereocenters. The smallest absolute Gasteiger partial charge is 0.0701 e. The maximum absolute atomic E-state index is 3.66. The number of rotatable bonds is 6. The van der Waals surface area contributed by atoms with Crippen LogP contribution in [-0.4, -0.2) is 12.6 Å². The fraction of sp³-hybridized carbons (Fsp3) is 0.692. The first kappa shape index (κ1) is 12.6. The van der Waals surface area contributed by atoms with E-state index in [0.29, 0.717) is 11.5 Å². The SMILES string of the molecule is CCCNC(C)C1(Cc2ccc(Br)s2)CC1. The van der Waals surface area contributed by atoms with E-state index in [1.54, 1.807) is 0 Å². The summed E-state index contributed by atoms with van der Waals surface area (Å²) in [5, 5.41) is 3.66. The highest BCUT2D eigenvalue weighted by Gasteiger charge is 2.47. The van der Waals surface area contributed by atoms with Gasteiger partial charge in [-0.25, -0.2) is 0 Å². The molecule has 0 saturated heterocycles. The molecule has 1 nitrogen and oxygen atoms in total. The van der Waals surface area contributed by atoms with Crippen molar-refractivity contribution in [2.75, 3.05) is 6.54 Å². The molecule has 1 atom stereocenters. The molecule has 1 aliphatic carbocycles. The summed E-state index contributed by atoms with van der Waals surface area (Å²) in [6.07, 6.45) is 5.26. The first-order valence-corrected chi connectivity index (χ1v) is 7.75. The van der Waals surface area contributed by atoms with Crippen LogP contribution in [0.5, 0.6) is 0 Å². The van der Waals surface area contributed by atoms with Crippen molar-refractivity contribution in [2.45, 2.75) is 45.6 Å². The molecule has 1 aromatic heterocycles. The number of halogens is 1. The van der Waals surface area contributed by atoms with Crippen molar-refractivity contribution in [1.29, 1.82) is 0 Å². The lowest BCUT2D eigenvalue weighted by atomic mass is 9.93. The summed E-state index contributed by atoms with van der Waals surface area (Å²) in [7, 11) is 0. The topological polar surface area (TPSA) is 12.0 Å². The monoisotopic (exact) mass is 301 g/mol. The quantitative estimate of drug-likeness (QED) is 0.829. The zero-order valence-corrected chi connectivity index (χ0v) is 12.5. The zero-order chi connectivity index (χ0) is 11.6. The lowest BCUT2D eigenvalue weighted by Crippen LogP contribution is -2.36. The molecule has 1 fully saturated rings. The number of nitrogens with one attached hydrogen (secondary N) is 1. The van der Waals surface area contributed by atoms with Gasteiger partial charge in [0.25, 0.3) is 0 Å². The first-order chi connectivity index (χ1) is 7.66. The van der Waals surface area contributed by atoms with Gasteiger partial charge in [0.1, 0.15) is 0 Å². The van der Waals surface area contributed by atoms with Crippen LogP contribution in [0.25, 0.3) is 0 Å². The van der Waals surface area contributed by atoms with E-state index in [9.17, 15) is 0 Å². The molecule has 0 aromatic carbocycles. The standard InChI is InChI=1S/C13H20BrNS/c1-3-8-15-10(2)13(6-7-13)9-11-4-5-12(14)16-11/h4-5,10,15H,3,6-9H2,1-2H3. The molecule has 90 valence electrons. The van der Waals surface area contributed by atoms with Gasteiger partial charge in [0.05, 0.1) is 3.79 Å². The van der Waals surface area contributed by atoms with Gasteiger partial charge in [0, 0.05) is 10.9 Å². The Labute approximate surface area is 111 Å². The van der Waals surface area contributed by atoms with E-state index in [1.165, 1.54) is 34.3 Å². The van der Waals surface area contributed by atoms with Gasteiger partial charge in [-0.1, -0.05) is 6.92 Å². The normalized spacial score (nSPS) is 19.7. The van der Waals surface area contributed by atoms with Crippen LogP contribution in [0.3, 0.4) is 0 Å². The number of hydrogen-bond acceptors (Lipinski definition) is 2. The Morgan fingerprint density at radius 3 is 2.75 bits per heavy atom. The van der Waals surface area contributed by atoms with Crippen LogP contribution in [0, 0.1) is 5.41 Å². The number of hydrogen-bond donors (Lipinski definition) is 1. The van der Waals surface area contributed by atoms with Gasteiger partial charge in [0.2, 0.25) is 0 Å². The maximum Gasteiger partial charge on any atom is 0.0701 e. The lowest BCUT2D eigenvalue weighted by molar-refractivity contribution is 0.352. The third-order valence-electron chi connectivity index (χ3n) is 3.67. The summed E-state index contributed by atoms with van der Waals surface area (Å²) in [5.41, 5.74) is 0.555. The zero-order valence-electron chi connectivity index (χ0n) is 10.1. The van der Waals surface area contributed by atoms with Crippen LogP contribution in [0.4, 0.5) is 0 Å². The molecule has 1 heterocycles. The van der Waals surface area contributed by atoms with Gasteiger partial charge in [-0.15, -0.1) is 11.3 Å². The van der Waals surface area contributed by atoms with Crippen LogP contribution in [0.15, 0.2) is 15.9 Å². The van der Waals surface area contributed by atoms with E-state index >= 15 is 0 Å². The molecule has 1 N–H and O–H groups in total. The molecular weight excluding hydrogens is 282 g/mol. The van der Waals surface area contributed by atoms with Crippen molar-refractivity contribution in [3.05, 3.63) is 20.8 Å². The van der Waals surface area contributed by atoms with Gasteiger partial charge in [0.15, 0.2) is 0 Å². The molecule has 2 rings (SSSR count). The first-order valence-electron chi connectivity index (χ1n) is 6.14. The fourth-order valence-electron chi connectivity index (χ4n) is 2.29. The Balaban J connectivity index is 1.92. The van der Waals surface area contributed by atoms with E-state index < -0.39 is 0 Å². The van der Waals surface area contributed by atoms with Crippen LogP contribution >= 0.6 is 27.3 Å². The molecule has 0 radical (unpaired) electrons. The van der Waals surface area contributed by atoms with E-state index in [1.807, 2.05) is 11.3 Å². The summed E-state index contributed by atoms with van der Waals surface area (Å²) in [4.78, 5) is 1.52. The highest BCUT2D eigenvalue weighted by molar-refractivity contribution is 9.11. The predicted octanol–water partition coefficient (Wildman–Crippen LogP) is 4.22. The average molecular weight is 302 g/mol. The minimum atomic E-state index is 0.555. The Kier molecular flexibility index (Phi) is 4.09. The van der Waals surface area contributed by atoms with Crippen LogP contribution in [0.2, 0.25) is 0 Å². The van der Waals surface area contributed by atoms with Crippen LogP contribution < -0.4 is 5.32 Å². The molecule has 0 spiro atoms. The Bertz CT molecular complexity index is 343. The molecule has 1 aromatic rings. The summed E-state index contributed by atoms with van der Waals surface area (Å²) in [6.45, 7) is 5.73. The molecule has 1 saturated carbocycles. The van der Waals surface area contributed by atoms with Crippen molar-refractivity contribution < 1.29 is 0 Å².